The first-order valence-corrected chi connectivity index (χ1v) is 4.52. The van der Waals surface area contributed by atoms with Crippen LogP contribution in [0.2, 0.25) is 0 Å². The van der Waals surface area contributed by atoms with Crippen molar-refractivity contribution in [3.8, 4) is 5.75 Å². The smallest absolute Gasteiger partial charge is 0.223 e. The molecule has 0 aliphatic rings. The number of carbonyl (C=O) groups excluding carboxylic acids is 1. The summed E-state index contributed by atoms with van der Waals surface area (Å²) in [7, 11) is 1.53. The van der Waals surface area contributed by atoms with E-state index in [0.29, 0.717) is 0 Å². The molecule has 0 heterocycles. The maximum absolute atomic E-state index is 13.2. The molecule has 1 aromatic rings. The molecule has 0 aliphatic carbocycles. The second-order valence-electron chi connectivity index (χ2n) is 2.93. The monoisotopic (exact) mass is 212 g/mol. The van der Waals surface area contributed by atoms with Crippen molar-refractivity contribution in [1.29, 1.82) is 0 Å². The predicted octanol–water partition coefficient (Wildman–Crippen LogP) is 0.923. The average molecular weight is 212 g/mol. The van der Waals surface area contributed by atoms with Crippen LogP contribution in [0.4, 0.5) is 10.1 Å². The number of carbonyl (C=O) groups is 1. The fourth-order valence-electron chi connectivity index (χ4n) is 1.05. The average Bonchev–Trinajstić information content (AvgIpc) is 2.22. The molecule has 1 rings (SSSR count). The number of benzene rings is 1. The minimum absolute atomic E-state index is 0.00130. The number of hydrogen-bond acceptors (Lipinski definition) is 3. The van der Waals surface area contributed by atoms with E-state index < -0.39 is 5.82 Å². The molecule has 0 unspecified atom stereocenters. The van der Waals surface area contributed by atoms with Gasteiger partial charge in [-0.15, -0.1) is 0 Å². The Hall–Kier alpha value is -1.78. The van der Waals surface area contributed by atoms with Gasteiger partial charge in [0.1, 0.15) is 0 Å². The van der Waals surface area contributed by atoms with Crippen LogP contribution in [-0.2, 0) is 4.79 Å². The van der Waals surface area contributed by atoms with Gasteiger partial charge in [0.25, 0.3) is 0 Å². The summed E-state index contributed by atoms with van der Waals surface area (Å²) >= 11 is 0. The van der Waals surface area contributed by atoms with E-state index in [0.717, 1.165) is 0 Å². The van der Waals surface area contributed by atoms with Crippen LogP contribution in [0.15, 0.2) is 18.2 Å². The first-order valence-electron chi connectivity index (χ1n) is 4.52. The third-order valence-electron chi connectivity index (χ3n) is 1.85. The Morgan fingerprint density at radius 2 is 2.33 bits per heavy atom. The highest BCUT2D eigenvalue weighted by molar-refractivity contribution is 5.75. The lowest BCUT2D eigenvalue weighted by Crippen LogP contribution is -2.20. The van der Waals surface area contributed by atoms with Gasteiger partial charge in [0.2, 0.25) is 5.91 Å². The molecule has 0 spiro atoms. The lowest BCUT2D eigenvalue weighted by molar-refractivity contribution is -0.121. The number of ether oxygens (including phenoxy) is 1. The summed E-state index contributed by atoms with van der Waals surface area (Å²) in [6.45, 7) is 0.102. The van der Waals surface area contributed by atoms with Crippen molar-refractivity contribution >= 4 is 11.6 Å². The largest absolute Gasteiger partial charge is 0.488 e. The van der Waals surface area contributed by atoms with E-state index >= 15 is 0 Å². The van der Waals surface area contributed by atoms with E-state index in [1.54, 1.807) is 0 Å². The summed E-state index contributed by atoms with van der Waals surface area (Å²) in [5, 5.41) is 2.44. The molecule has 1 amide bonds. The summed E-state index contributed by atoms with van der Waals surface area (Å²) in [6.07, 6.45) is 0.171. The zero-order chi connectivity index (χ0) is 11.3. The first-order chi connectivity index (χ1) is 7.15. The van der Waals surface area contributed by atoms with Gasteiger partial charge in [-0.05, 0) is 12.1 Å². The molecular weight excluding hydrogens is 199 g/mol. The Bertz CT molecular complexity index is 335. The highest BCUT2D eigenvalue weighted by Gasteiger charge is 2.07. The number of nitrogens with one attached hydrogen (secondary N) is 1. The van der Waals surface area contributed by atoms with Gasteiger partial charge >= 0.3 is 0 Å². The molecule has 82 valence electrons. The lowest BCUT2D eigenvalue weighted by Gasteiger charge is -2.08. The number of halogens is 1. The Morgan fingerprint density at radius 3 is 2.93 bits per heavy atom. The summed E-state index contributed by atoms with van der Waals surface area (Å²) in [4.78, 5) is 10.9. The number of nitrogens with two attached hydrogens (primary N) is 1. The quantitative estimate of drug-likeness (QED) is 0.729. The number of rotatable bonds is 4. The van der Waals surface area contributed by atoms with Crippen LogP contribution in [0.3, 0.4) is 0 Å². The highest BCUT2D eigenvalue weighted by atomic mass is 19.1. The van der Waals surface area contributed by atoms with E-state index in [1.165, 1.54) is 25.2 Å². The van der Waals surface area contributed by atoms with Crippen molar-refractivity contribution in [3.63, 3.8) is 0 Å². The lowest BCUT2D eigenvalue weighted by atomic mass is 10.3. The van der Waals surface area contributed by atoms with Crippen molar-refractivity contribution in [2.75, 3.05) is 19.4 Å². The molecule has 0 atom stereocenters. The van der Waals surface area contributed by atoms with Gasteiger partial charge in [-0.25, -0.2) is 4.39 Å². The number of para-hydroxylation sites is 1. The molecule has 0 aliphatic heterocycles. The standard InChI is InChI=1S/C10H13FN2O2/c1-13-9(14)5-6-15-10-7(11)3-2-4-8(10)12/h2-4H,5-6,12H2,1H3,(H,13,14). The maximum atomic E-state index is 13.2. The molecule has 0 bridgehead atoms. The third-order valence-corrected chi connectivity index (χ3v) is 1.85. The summed E-state index contributed by atoms with van der Waals surface area (Å²) < 4.78 is 18.2. The van der Waals surface area contributed by atoms with Gasteiger partial charge in [-0.2, -0.15) is 0 Å². The molecule has 0 saturated heterocycles. The summed E-state index contributed by atoms with van der Waals surface area (Å²) in [5.74, 6) is -0.682. The highest BCUT2D eigenvalue weighted by Crippen LogP contribution is 2.24. The fraction of sp³-hybridized carbons (Fsp3) is 0.300. The van der Waals surface area contributed by atoms with Gasteiger partial charge in [-0.3, -0.25) is 4.79 Å². The van der Waals surface area contributed by atoms with E-state index in [2.05, 4.69) is 5.32 Å². The second-order valence-corrected chi connectivity index (χ2v) is 2.93. The van der Waals surface area contributed by atoms with Crippen molar-refractivity contribution in [2.24, 2.45) is 0 Å². The first kappa shape index (κ1) is 11.3. The van der Waals surface area contributed by atoms with Crippen molar-refractivity contribution < 1.29 is 13.9 Å². The minimum atomic E-state index is -0.521. The number of amides is 1. The maximum Gasteiger partial charge on any atom is 0.223 e. The summed E-state index contributed by atoms with van der Waals surface area (Å²) in [6, 6.07) is 4.29. The van der Waals surface area contributed by atoms with Crippen molar-refractivity contribution in [2.45, 2.75) is 6.42 Å². The van der Waals surface area contributed by atoms with Crippen molar-refractivity contribution in [1.82, 2.24) is 5.32 Å². The fourth-order valence-corrected chi connectivity index (χ4v) is 1.05. The zero-order valence-corrected chi connectivity index (χ0v) is 8.42. The Kier molecular flexibility index (Phi) is 3.91. The number of nitrogen functional groups attached to an aromatic ring is 1. The molecule has 15 heavy (non-hydrogen) atoms. The topological polar surface area (TPSA) is 64.3 Å². The second kappa shape index (κ2) is 5.19. The third kappa shape index (κ3) is 3.12. The van der Waals surface area contributed by atoms with Crippen LogP contribution < -0.4 is 15.8 Å². The Labute approximate surface area is 87.2 Å². The molecular formula is C10H13FN2O2. The molecule has 5 heteroatoms. The van der Waals surface area contributed by atoms with Crippen LogP contribution in [0.1, 0.15) is 6.42 Å². The molecule has 0 saturated carbocycles. The molecule has 0 radical (unpaired) electrons. The predicted molar refractivity (Wildman–Crippen MR) is 55.0 cm³/mol. The zero-order valence-electron chi connectivity index (χ0n) is 8.42. The van der Waals surface area contributed by atoms with Gasteiger partial charge in [0.05, 0.1) is 18.7 Å². The van der Waals surface area contributed by atoms with Gasteiger partial charge in [0, 0.05) is 7.05 Å². The van der Waals surface area contributed by atoms with Gasteiger partial charge < -0.3 is 15.8 Å². The van der Waals surface area contributed by atoms with Crippen LogP contribution >= 0.6 is 0 Å². The Balaban J connectivity index is 2.54. The van der Waals surface area contributed by atoms with Gasteiger partial charge in [-0.1, -0.05) is 6.07 Å². The number of anilines is 1. The molecule has 4 nitrogen and oxygen atoms in total. The molecule has 3 N–H and O–H groups in total. The normalized spacial score (nSPS) is 9.73. The van der Waals surface area contributed by atoms with E-state index in [1.807, 2.05) is 0 Å². The van der Waals surface area contributed by atoms with E-state index in [-0.39, 0.29) is 30.4 Å². The van der Waals surface area contributed by atoms with E-state index in [9.17, 15) is 9.18 Å². The van der Waals surface area contributed by atoms with Crippen molar-refractivity contribution in [3.05, 3.63) is 24.0 Å². The SMILES string of the molecule is CNC(=O)CCOc1c(N)cccc1F. The molecule has 1 aromatic carbocycles. The van der Waals surface area contributed by atoms with Crippen LogP contribution in [0, 0.1) is 5.82 Å². The van der Waals surface area contributed by atoms with Crippen LogP contribution in [0.25, 0.3) is 0 Å². The summed E-state index contributed by atoms with van der Waals surface area (Å²) in [5.41, 5.74) is 5.73. The molecule has 0 fully saturated rings. The Morgan fingerprint density at radius 1 is 1.60 bits per heavy atom. The molecule has 0 aromatic heterocycles. The van der Waals surface area contributed by atoms with Gasteiger partial charge in [0.15, 0.2) is 11.6 Å². The van der Waals surface area contributed by atoms with Crippen LogP contribution in [0.5, 0.6) is 5.75 Å². The number of hydrogen-bond donors (Lipinski definition) is 2. The van der Waals surface area contributed by atoms with E-state index in [4.69, 9.17) is 10.5 Å². The van der Waals surface area contributed by atoms with Crippen LogP contribution in [-0.4, -0.2) is 19.6 Å². The minimum Gasteiger partial charge on any atom is -0.488 e.